The van der Waals surface area contributed by atoms with Crippen LogP contribution in [0.2, 0.25) is 0 Å². The van der Waals surface area contributed by atoms with E-state index in [1.165, 1.54) is 6.20 Å². The maximum absolute atomic E-state index is 11.7. The van der Waals surface area contributed by atoms with Crippen molar-refractivity contribution >= 4 is 11.9 Å². The summed E-state index contributed by atoms with van der Waals surface area (Å²) in [5.74, 6) is -1.44. The molecule has 3 N–H and O–H groups in total. The van der Waals surface area contributed by atoms with E-state index in [9.17, 15) is 9.59 Å². The number of aromatic nitrogens is 5. The summed E-state index contributed by atoms with van der Waals surface area (Å²) in [6.07, 6.45) is 5.15. The molecule has 2 aromatic heterocycles. The highest BCUT2D eigenvalue weighted by molar-refractivity contribution is 5.91. The number of carbonyl (C=O) groups is 2. The number of nitrogens with one attached hydrogen (secondary N) is 2. The number of carboxylic acid groups (broad SMARTS) is 1. The van der Waals surface area contributed by atoms with E-state index in [0.717, 1.165) is 10.4 Å². The number of nitrogens with zero attached hydrogens (tertiary/aromatic N) is 4. The van der Waals surface area contributed by atoms with Gasteiger partial charge in [-0.2, -0.15) is 0 Å². The van der Waals surface area contributed by atoms with Crippen molar-refractivity contribution in [2.45, 2.75) is 13.0 Å². The van der Waals surface area contributed by atoms with E-state index in [2.05, 4.69) is 25.6 Å². The molecule has 0 atom stereocenters. The fourth-order valence-electron chi connectivity index (χ4n) is 1.44. The Labute approximate surface area is 107 Å². The lowest BCUT2D eigenvalue weighted by Crippen LogP contribution is -2.26. The van der Waals surface area contributed by atoms with E-state index in [4.69, 9.17) is 5.11 Å². The van der Waals surface area contributed by atoms with Crippen LogP contribution < -0.4 is 5.32 Å². The van der Waals surface area contributed by atoms with E-state index in [1.54, 1.807) is 12.5 Å². The first-order valence-electron chi connectivity index (χ1n) is 5.52. The summed E-state index contributed by atoms with van der Waals surface area (Å²) in [4.78, 5) is 28.9. The van der Waals surface area contributed by atoms with E-state index in [1.807, 2.05) is 0 Å². The van der Waals surface area contributed by atoms with Crippen LogP contribution >= 0.6 is 0 Å². The molecule has 0 radical (unpaired) electrons. The topological polar surface area (TPSA) is 126 Å². The largest absolute Gasteiger partial charge is 0.480 e. The first kappa shape index (κ1) is 12.7. The molecule has 100 valence electrons. The van der Waals surface area contributed by atoms with E-state index in [0.29, 0.717) is 13.0 Å². The minimum absolute atomic E-state index is 0.0888. The predicted molar refractivity (Wildman–Crippen MR) is 62.3 cm³/mol. The number of carboxylic acids is 1. The second kappa shape index (κ2) is 5.76. The molecule has 1 amide bonds. The summed E-state index contributed by atoms with van der Waals surface area (Å²) in [5.41, 5.74) is 1.00. The van der Waals surface area contributed by atoms with Crippen LogP contribution in [0.15, 0.2) is 18.7 Å². The smallest absolute Gasteiger partial charge is 0.325 e. The van der Waals surface area contributed by atoms with Gasteiger partial charge >= 0.3 is 5.97 Å². The second-order valence-electron chi connectivity index (χ2n) is 3.78. The molecule has 0 bridgehead atoms. The molecule has 0 aliphatic rings. The average molecular weight is 264 g/mol. The fourth-order valence-corrected chi connectivity index (χ4v) is 1.44. The highest BCUT2D eigenvalue weighted by Gasteiger charge is 2.11. The van der Waals surface area contributed by atoms with Crippen LogP contribution in [0, 0.1) is 0 Å². The third-order valence-corrected chi connectivity index (χ3v) is 2.30. The van der Waals surface area contributed by atoms with Crippen molar-refractivity contribution in [3.63, 3.8) is 0 Å². The van der Waals surface area contributed by atoms with Crippen molar-refractivity contribution in [3.05, 3.63) is 30.1 Å². The lowest BCUT2D eigenvalue weighted by atomic mass is 10.3. The number of H-pyrrole nitrogens is 1. The van der Waals surface area contributed by atoms with Crippen LogP contribution in [0.4, 0.5) is 0 Å². The van der Waals surface area contributed by atoms with Gasteiger partial charge in [0.25, 0.3) is 5.91 Å². The number of imidazole rings is 1. The van der Waals surface area contributed by atoms with Crippen LogP contribution in [0.25, 0.3) is 0 Å². The molecule has 2 heterocycles. The van der Waals surface area contributed by atoms with Crippen LogP contribution in [-0.2, 0) is 17.8 Å². The highest BCUT2D eigenvalue weighted by atomic mass is 16.4. The first-order valence-corrected chi connectivity index (χ1v) is 5.52. The summed E-state index contributed by atoms with van der Waals surface area (Å²) < 4.78 is 1.09. The molecule has 19 heavy (non-hydrogen) atoms. The number of aliphatic carboxylic acids is 1. The SMILES string of the molecule is O=C(O)Cn1cc(C(=O)NCCc2cnc[nH]2)nn1. The van der Waals surface area contributed by atoms with Crippen LogP contribution in [0.3, 0.4) is 0 Å². The highest BCUT2D eigenvalue weighted by Crippen LogP contribution is 1.95. The maximum atomic E-state index is 11.7. The summed E-state index contributed by atoms with van der Waals surface area (Å²) in [6.45, 7) is 0.0985. The molecule has 9 heteroatoms. The number of carbonyl (C=O) groups excluding carboxylic acids is 1. The van der Waals surface area contributed by atoms with Gasteiger partial charge in [0.1, 0.15) is 6.54 Å². The lowest BCUT2D eigenvalue weighted by molar-refractivity contribution is -0.137. The normalized spacial score (nSPS) is 10.3. The molecule has 2 aromatic rings. The maximum Gasteiger partial charge on any atom is 0.325 e. The summed E-state index contributed by atoms with van der Waals surface area (Å²) >= 11 is 0. The number of hydrogen-bond donors (Lipinski definition) is 3. The molecule has 0 aliphatic heterocycles. The Bertz CT molecular complexity index is 562. The predicted octanol–water partition coefficient (Wildman–Crippen LogP) is -0.942. The van der Waals surface area contributed by atoms with Gasteiger partial charge in [-0.25, -0.2) is 9.67 Å². The number of rotatable bonds is 6. The van der Waals surface area contributed by atoms with Gasteiger partial charge < -0.3 is 15.4 Å². The minimum Gasteiger partial charge on any atom is -0.480 e. The third kappa shape index (κ3) is 3.63. The van der Waals surface area contributed by atoms with Gasteiger partial charge in [-0.15, -0.1) is 5.10 Å². The van der Waals surface area contributed by atoms with Crippen LogP contribution in [0.1, 0.15) is 16.2 Å². The number of hydrogen-bond acceptors (Lipinski definition) is 5. The number of aromatic amines is 1. The van der Waals surface area contributed by atoms with Gasteiger partial charge in [0.2, 0.25) is 0 Å². The van der Waals surface area contributed by atoms with Crippen LogP contribution in [0.5, 0.6) is 0 Å². The molecule has 0 fully saturated rings. The summed E-state index contributed by atoms with van der Waals surface area (Å²) in [7, 11) is 0. The van der Waals surface area contributed by atoms with Crippen molar-refractivity contribution in [1.82, 2.24) is 30.3 Å². The van der Waals surface area contributed by atoms with Crippen molar-refractivity contribution < 1.29 is 14.7 Å². The Morgan fingerprint density at radius 2 is 2.32 bits per heavy atom. The fraction of sp³-hybridized carbons (Fsp3) is 0.300. The molecular formula is C10H12N6O3. The average Bonchev–Trinajstić information content (AvgIpc) is 2.99. The van der Waals surface area contributed by atoms with Crippen molar-refractivity contribution in [2.75, 3.05) is 6.54 Å². The summed E-state index contributed by atoms with van der Waals surface area (Å²) in [6, 6.07) is 0. The zero-order valence-corrected chi connectivity index (χ0v) is 9.91. The molecule has 0 aromatic carbocycles. The first-order chi connectivity index (χ1) is 9.15. The van der Waals surface area contributed by atoms with Crippen molar-refractivity contribution in [2.24, 2.45) is 0 Å². The van der Waals surface area contributed by atoms with E-state index < -0.39 is 11.9 Å². The van der Waals surface area contributed by atoms with Gasteiger partial charge in [0.05, 0.1) is 12.5 Å². The zero-order chi connectivity index (χ0) is 13.7. The molecule has 0 saturated carbocycles. The van der Waals surface area contributed by atoms with Gasteiger partial charge in [0.15, 0.2) is 5.69 Å². The van der Waals surface area contributed by atoms with Crippen LogP contribution in [-0.4, -0.2) is 48.5 Å². The van der Waals surface area contributed by atoms with Crippen molar-refractivity contribution in [1.29, 1.82) is 0 Å². The Hall–Kier alpha value is -2.71. The molecule has 0 spiro atoms. The molecule has 0 unspecified atom stereocenters. The van der Waals surface area contributed by atoms with Gasteiger partial charge in [-0.3, -0.25) is 9.59 Å². The Morgan fingerprint density at radius 3 is 3.00 bits per heavy atom. The van der Waals surface area contributed by atoms with Gasteiger partial charge in [-0.1, -0.05) is 5.21 Å². The quantitative estimate of drug-likeness (QED) is 0.618. The molecule has 9 nitrogen and oxygen atoms in total. The zero-order valence-electron chi connectivity index (χ0n) is 9.91. The molecule has 2 rings (SSSR count). The molecular weight excluding hydrogens is 252 g/mol. The standard InChI is InChI=1S/C10H12N6O3/c17-9(18)5-16-4-8(14-15-16)10(19)12-2-1-7-3-11-6-13-7/h3-4,6H,1-2,5H2,(H,11,13)(H,12,19)(H,17,18). The van der Waals surface area contributed by atoms with Crippen molar-refractivity contribution in [3.8, 4) is 0 Å². The Balaban J connectivity index is 1.82. The lowest BCUT2D eigenvalue weighted by Gasteiger charge is -2.00. The van der Waals surface area contributed by atoms with E-state index in [-0.39, 0.29) is 12.2 Å². The summed E-state index contributed by atoms with van der Waals surface area (Å²) in [5, 5.41) is 18.4. The third-order valence-electron chi connectivity index (χ3n) is 2.30. The number of amides is 1. The molecule has 0 saturated heterocycles. The minimum atomic E-state index is -1.05. The second-order valence-corrected chi connectivity index (χ2v) is 3.78. The van der Waals surface area contributed by atoms with E-state index >= 15 is 0 Å². The monoisotopic (exact) mass is 264 g/mol. The Morgan fingerprint density at radius 1 is 1.47 bits per heavy atom. The van der Waals surface area contributed by atoms with Gasteiger partial charge in [0, 0.05) is 24.9 Å². The Kier molecular flexibility index (Phi) is 3.86. The van der Waals surface area contributed by atoms with Gasteiger partial charge in [-0.05, 0) is 0 Å². The molecule has 0 aliphatic carbocycles.